The van der Waals surface area contributed by atoms with Crippen molar-refractivity contribution in [1.82, 2.24) is 10.1 Å². The molecule has 166 valence electrons. The first-order valence-electron chi connectivity index (χ1n) is 10.0. The van der Waals surface area contributed by atoms with E-state index in [4.69, 9.17) is 16.1 Å². The summed E-state index contributed by atoms with van der Waals surface area (Å²) in [6, 6.07) is 8.61. The van der Waals surface area contributed by atoms with Crippen molar-refractivity contribution in [2.24, 2.45) is 0 Å². The Hall–Kier alpha value is -3.26. The first-order chi connectivity index (χ1) is 15.3. The summed E-state index contributed by atoms with van der Waals surface area (Å²) in [5.74, 6) is -1.39. The van der Waals surface area contributed by atoms with Crippen LogP contribution in [0.25, 0.3) is 11.3 Å². The third kappa shape index (κ3) is 3.98. The normalized spacial score (nSPS) is 14.0. The maximum absolute atomic E-state index is 14.5. The molecule has 0 spiro atoms. The number of aryl methyl sites for hydroxylation is 1. The molecule has 6 nitrogen and oxygen atoms in total. The highest BCUT2D eigenvalue weighted by molar-refractivity contribution is 6.33. The minimum absolute atomic E-state index is 0.0145. The van der Waals surface area contributed by atoms with Crippen molar-refractivity contribution in [2.75, 3.05) is 31.1 Å². The quantitative estimate of drug-likeness (QED) is 0.527. The van der Waals surface area contributed by atoms with Gasteiger partial charge >= 0.3 is 0 Å². The van der Waals surface area contributed by atoms with Gasteiger partial charge in [0.1, 0.15) is 28.7 Å². The Morgan fingerprint density at radius 1 is 1.06 bits per heavy atom. The third-order valence-corrected chi connectivity index (χ3v) is 5.85. The molecule has 0 aliphatic carbocycles. The molecule has 4 rings (SSSR count). The van der Waals surface area contributed by atoms with Gasteiger partial charge in [-0.1, -0.05) is 22.8 Å². The second kappa shape index (κ2) is 8.70. The van der Waals surface area contributed by atoms with E-state index in [0.717, 1.165) is 0 Å². The number of aromatic nitrogens is 1. The lowest BCUT2D eigenvalue weighted by Crippen LogP contribution is -2.49. The lowest BCUT2D eigenvalue weighted by atomic mass is 10.0. The smallest absolute Gasteiger partial charge is 0.259 e. The number of hydrogen-bond acceptors (Lipinski definition) is 5. The van der Waals surface area contributed by atoms with Crippen LogP contribution >= 0.6 is 11.6 Å². The highest BCUT2D eigenvalue weighted by Crippen LogP contribution is 2.34. The number of hydrogen-bond donors (Lipinski definition) is 0. The average Bonchev–Trinajstić information content (AvgIpc) is 3.14. The Kier molecular flexibility index (Phi) is 5.97. The van der Waals surface area contributed by atoms with Crippen molar-refractivity contribution in [3.8, 4) is 11.3 Å². The van der Waals surface area contributed by atoms with Crippen LogP contribution in [0.4, 0.5) is 14.5 Å². The molecule has 1 aliphatic rings. The molecule has 2 aromatic carbocycles. The number of nitrogens with zero attached hydrogens (tertiary/aromatic N) is 3. The number of carbonyl (C=O) groups excluding carboxylic acids is 2. The van der Waals surface area contributed by atoms with E-state index < -0.39 is 11.6 Å². The van der Waals surface area contributed by atoms with Gasteiger partial charge in [0.25, 0.3) is 5.91 Å². The molecule has 1 amide bonds. The number of Topliss-reactive ketones (excluding diaryl/α,β-unsaturated/α-hetero) is 1. The Morgan fingerprint density at radius 2 is 1.78 bits per heavy atom. The first kappa shape index (κ1) is 22.0. The van der Waals surface area contributed by atoms with Gasteiger partial charge in [-0.05, 0) is 44.2 Å². The number of ketones is 1. The summed E-state index contributed by atoms with van der Waals surface area (Å²) < 4.78 is 34.1. The molecule has 1 aromatic heterocycles. The molecule has 1 fully saturated rings. The van der Waals surface area contributed by atoms with E-state index in [9.17, 15) is 18.4 Å². The number of piperazine rings is 1. The predicted molar refractivity (Wildman–Crippen MR) is 116 cm³/mol. The summed E-state index contributed by atoms with van der Waals surface area (Å²) in [5, 5.41) is 4.01. The second-order valence-electron chi connectivity index (χ2n) is 7.56. The van der Waals surface area contributed by atoms with Gasteiger partial charge < -0.3 is 14.3 Å². The average molecular weight is 460 g/mol. The third-order valence-electron chi connectivity index (χ3n) is 5.54. The monoisotopic (exact) mass is 459 g/mol. The minimum Gasteiger partial charge on any atom is -0.366 e. The van der Waals surface area contributed by atoms with Crippen LogP contribution in [0.2, 0.25) is 5.02 Å². The van der Waals surface area contributed by atoms with Gasteiger partial charge in [-0.2, -0.15) is 0 Å². The number of anilines is 1. The van der Waals surface area contributed by atoms with E-state index in [1.165, 1.54) is 31.2 Å². The number of amides is 1. The summed E-state index contributed by atoms with van der Waals surface area (Å²) in [5.41, 5.74) is 0.913. The van der Waals surface area contributed by atoms with Crippen LogP contribution in [0, 0.1) is 18.6 Å². The van der Waals surface area contributed by atoms with Crippen molar-refractivity contribution < 1.29 is 22.9 Å². The standard InChI is InChI=1S/C23H20ClF2N3O3/c1-13(30)15-6-7-19(18(26)12-15)28-8-10-29(11-9-28)23(31)20-14(2)32-27-22(20)21-16(24)4-3-5-17(21)25/h3-7,12H,8-11H2,1-2H3. The van der Waals surface area contributed by atoms with E-state index in [0.29, 0.717) is 37.4 Å². The Balaban J connectivity index is 1.54. The molecule has 0 saturated carbocycles. The fraction of sp³-hybridized carbons (Fsp3) is 0.261. The lowest BCUT2D eigenvalue weighted by molar-refractivity contribution is 0.0745. The largest absolute Gasteiger partial charge is 0.366 e. The Morgan fingerprint density at radius 3 is 2.41 bits per heavy atom. The van der Waals surface area contributed by atoms with Crippen molar-refractivity contribution >= 4 is 29.0 Å². The molecule has 0 N–H and O–H groups in total. The number of rotatable bonds is 4. The molecule has 9 heteroatoms. The Bertz CT molecular complexity index is 1180. The van der Waals surface area contributed by atoms with Crippen molar-refractivity contribution in [3.05, 3.63) is 69.9 Å². The number of benzene rings is 2. The van der Waals surface area contributed by atoms with E-state index in [-0.39, 0.29) is 39.3 Å². The zero-order chi connectivity index (χ0) is 23.0. The van der Waals surface area contributed by atoms with Gasteiger partial charge in [0.05, 0.1) is 16.3 Å². The van der Waals surface area contributed by atoms with Gasteiger partial charge in [-0.3, -0.25) is 9.59 Å². The molecule has 3 aromatic rings. The summed E-state index contributed by atoms with van der Waals surface area (Å²) in [7, 11) is 0. The predicted octanol–water partition coefficient (Wildman–Crippen LogP) is 4.75. The summed E-state index contributed by atoms with van der Waals surface area (Å²) >= 11 is 6.16. The number of carbonyl (C=O) groups is 2. The molecule has 2 heterocycles. The van der Waals surface area contributed by atoms with Gasteiger partial charge in [0.15, 0.2) is 5.78 Å². The van der Waals surface area contributed by atoms with Gasteiger partial charge in [-0.25, -0.2) is 8.78 Å². The van der Waals surface area contributed by atoms with Crippen LogP contribution in [0.5, 0.6) is 0 Å². The molecule has 0 radical (unpaired) electrons. The van der Waals surface area contributed by atoms with Gasteiger partial charge in [-0.15, -0.1) is 0 Å². The van der Waals surface area contributed by atoms with Crippen molar-refractivity contribution in [2.45, 2.75) is 13.8 Å². The van der Waals surface area contributed by atoms with Crippen LogP contribution in [-0.2, 0) is 0 Å². The molecular weight excluding hydrogens is 440 g/mol. The zero-order valence-corrected chi connectivity index (χ0v) is 18.2. The summed E-state index contributed by atoms with van der Waals surface area (Å²) in [4.78, 5) is 28.1. The maximum Gasteiger partial charge on any atom is 0.259 e. The fourth-order valence-electron chi connectivity index (χ4n) is 3.81. The second-order valence-corrected chi connectivity index (χ2v) is 7.97. The van der Waals surface area contributed by atoms with Crippen LogP contribution in [-0.4, -0.2) is 47.9 Å². The van der Waals surface area contributed by atoms with Crippen molar-refractivity contribution in [3.63, 3.8) is 0 Å². The Labute approximate surface area is 188 Å². The van der Waals surface area contributed by atoms with E-state index in [2.05, 4.69) is 5.16 Å². The van der Waals surface area contributed by atoms with Crippen molar-refractivity contribution in [1.29, 1.82) is 0 Å². The molecule has 0 atom stereocenters. The molecular formula is C23H20ClF2N3O3. The number of halogens is 3. The van der Waals surface area contributed by atoms with Crippen LogP contribution in [0.15, 0.2) is 40.9 Å². The van der Waals surface area contributed by atoms with E-state index in [1.54, 1.807) is 24.0 Å². The summed E-state index contributed by atoms with van der Waals surface area (Å²) in [6.07, 6.45) is 0. The van der Waals surface area contributed by atoms with E-state index >= 15 is 0 Å². The highest BCUT2D eigenvalue weighted by Gasteiger charge is 2.31. The van der Waals surface area contributed by atoms with Crippen LogP contribution in [0.1, 0.15) is 33.4 Å². The van der Waals surface area contributed by atoms with E-state index in [1.807, 2.05) is 4.90 Å². The van der Waals surface area contributed by atoms with Gasteiger partial charge in [0, 0.05) is 31.7 Å². The summed E-state index contributed by atoms with van der Waals surface area (Å²) in [6.45, 7) is 4.39. The van der Waals surface area contributed by atoms with Crippen LogP contribution < -0.4 is 4.90 Å². The molecule has 1 aliphatic heterocycles. The molecule has 1 saturated heterocycles. The molecule has 0 unspecified atom stereocenters. The zero-order valence-electron chi connectivity index (χ0n) is 17.5. The van der Waals surface area contributed by atoms with Gasteiger partial charge in [0.2, 0.25) is 0 Å². The molecule has 32 heavy (non-hydrogen) atoms. The highest BCUT2D eigenvalue weighted by atomic mass is 35.5. The minimum atomic E-state index is -0.603. The SMILES string of the molecule is CC(=O)c1ccc(N2CCN(C(=O)c3c(-c4c(F)cccc4Cl)noc3C)CC2)c(F)c1. The molecule has 0 bridgehead atoms. The first-order valence-corrected chi connectivity index (χ1v) is 10.4. The fourth-order valence-corrected chi connectivity index (χ4v) is 4.06. The van der Waals surface area contributed by atoms with Crippen LogP contribution in [0.3, 0.4) is 0 Å². The topological polar surface area (TPSA) is 66.7 Å². The lowest BCUT2D eigenvalue weighted by Gasteiger charge is -2.36. The maximum atomic E-state index is 14.5.